The molecule has 23 heavy (non-hydrogen) atoms. The number of nitro benzene ring substituents is 1. The predicted octanol–water partition coefficient (Wildman–Crippen LogP) is 3.01. The van der Waals surface area contributed by atoms with Gasteiger partial charge in [0.15, 0.2) is 5.75 Å². The minimum absolute atomic E-state index is 0.0774. The van der Waals surface area contributed by atoms with Gasteiger partial charge in [-0.15, -0.1) is 0 Å². The van der Waals surface area contributed by atoms with Gasteiger partial charge in [-0.05, 0) is 27.7 Å². The highest BCUT2D eigenvalue weighted by atomic mass is 16.6. The lowest BCUT2D eigenvalue weighted by Crippen LogP contribution is -2.36. The summed E-state index contributed by atoms with van der Waals surface area (Å²) in [5, 5.41) is 11.4. The van der Waals surface area contributed by atoms with Gasteiger partial charge in [0.25, 0.3) is 0 Å². The van der Waals surface area contributed by atoms with E-state index in [0.717, 1.165) is 5.69 Å². The fraction of sp³-hybridized carbons (Fsp3) is 0.625. The van der Waals surface area contributed by atoms with Crippen molar-refractivity contribution in [2.45, 2.75) is 39.9 Å². The first-order valence-electron chi connectivity index (χ1n) is 7.87. The third-order valence-electron chi connectivity index (χ3n) is 3.31. The SMILES string of the molecule is CC(C)Oc1cc([N+](=O)[O-])c(OC(C)C)cc1N1CCOCC1. The number of benzene rings is 1. The highest BCUT2D eigenvalue weighted by molar-refractivity contribution is 5.68. The Balaban J connectivity index is 2.48. The summed E-state index contributed by atoms with van der Waals surface area (Å²) in [6, 6.07) is 3.17. The topological polar surface area (TPSA) is 74.1 Å². The number of hydrogen-bond acceptors (Lipinski definition) is 6. The van der Waals surface area contributed by atoms with Crippen LogP contribution in [0.25, 0.3) is 0 Å². The summed E-state index contributed by atoms with van der Waals surface area (Å²) in [6.07, 6.45) is -0.227. The summed E-state index contributed by atoms with van der Waals surface area (Å²) in [4.78, 5) is 13.0. The molecule has 0 radical (unpaired) electrons. The van der Waals surface area contributed by atoms with Crippen LogP contribution in [0.15, 0.2) is 12.1 Å². The normalized spacial score (nSPS) is 15.1. The number of anilines is 1. The number of nitrogens with zero attached hydrogens (tertiary/aromatic N) is 2. The van der Waals surface area contributed by atoms with E-state index in [-0.39, 0.29) is 23.6 Å². The van der Waals surface area contributed by atoms with Crippen LogP contribution in [0.3, 0.4) is 0 Å². The van der Waals surface area contributed by atoms with Crippen LogP contribution >= 0.6 is 0 Å². The molecule has 0 amide bonds. The first-order valence-corrected chi connectivity index (χ1v) is 7.87. The Morgan fingerprint density at radius 1 is 1.09 bits per heavy atom. The van der Waals surface area contributed by atoms with Crippen LogP contribution in [0, 0.1) is 10.1 Å². The molecule has 1 aliphatic rings. The molecule has 0 atom stereocenters. The van der Waals surface area contributed by atoms with Gasteiger partial charge in [-0.1, -0.05) is 0 Å². The fourth-order valence-electron chi connectivity index (χ4n) is 2.43. The Morgan fingerprint density at radius 2 is 1.65 bits per heavy atom. The Morgan fingerprint density at radius 3 is 2.17 bits per heavy atom. The maximum absolute atomic E-state index is 11.4. The van der Waals surface area contributed by atoms with E-state index >= 15 is 0 Å². The van der Waals surface area contributed by atoms with Gasteiger partial charge in [0, 0.05) is 19.2 Å². The quantitative estimate of drug-likeness (QED) is 0.591. The smallest absolute Gasteiger partial charge is 0.314 e. The first-order chi connectivity index (χ1) is 10.9. The Hall–Kier alpha value is -2.02. The number of morpholine rings is 1. The van der Waals surface area contributed by atoms with E-state index in [9.17, 15) is 10.1 Å². The van der Waals surface area contributed by atoms with E-state index in [1.165, 1.54) is 6.07 Å². The van der Waals surface area contributed by atoms with Crippen molar-refractivity contribution in [2.24, 2.45) is 0 Å². The third-order valence-corrected chi connectivity index (χ3v) is 3.31. The van der Waals surface area contributed by atoms with E-state index in [1.54, 1.807) is 6.07 Å². The molecule has 0 aliphatic carbocycles. The van der Waals surface area contributed by atoms with Crippen LogP contribution in [0.1, 0.15) is 27.7 Å². The second-order valence-corrected chi connectivity index (χ2v) is 5.98. The van der Waals surface area contributed by atoms with Crippen molar-refractivity contribution in [2.75, 3.05) is 31.2 Å². The van der Waals surface area contributed by atoms with Gasteiger partial charge in [-0.2, -0.15) is 0 Å². The molecule has 1 heterocycles. The van der Waals surface area contributed by atoms with Crippen molar-refractivity contribution in [1.82, 2.24) is 0 Å². The molecule has 7 nitrogen and oxygen atoms in total. The molecule has 1 aliphatic heterocycles. The minimum atomic E-state index is -0.437. The number of ether oxygens (including phenoxy) is 3. The average Bonchev–Trinajstić information content (AvgIpc) is 2.48. The lowest BCUT2D eigenvalue weighted by atomic mass is 10.2. The maximum Gasteiger partial charge on any atom is 0.314 e. The second kappa shape index (κ2) is 7.50. The molecule has 0 saturated carbocycles. The van der Waals surface area contributed by atoms with E-state index < -0.39 is 4.92 Å². The van der Waals surface area contributed by atoms with Crippen LogP contribution < -0.4 is 14.4 Å². The van der Waals surface area contributed by atoms with Gasteiger partial charge in [-0.3, -0.25) is 10.1 Å². The molecule has 1 fully saturated rings. The minimum Gasteiger partial charge on any atom is -0.489 e. The summed E-state index contributed by atoms with van der Waals surface area (Å²) in [5.41, 5.74) is 0.731. The van der Waals surface area contributed by atoms with Crippen molar-refractivity contribution in [3.8, 4) is 11.5 Å². The molecular weight excluding hydrogens is 300 g/mol. The number of hydrogen-bond donors (Lipinski definition) is 0. The van der Waals surface area contributed by atoms with Crippen molar-refractivity contribution in [3.05, 3.63) is 22.2 Å². The number of nitro groups is 1. The zero-order valence-corrected chi connectivity index (χ0v) is 14.1. The lowest BCUT2D eigenvalue weighted by molar-refractivity contribution is -0.386. The van der Waals surface area contributed by atoms with E-state index in [2.05, 4.69) is 4.90 Å². The predicted molar refractivity (Wildman–Crippen MR) is 87.7 cm³/mol. The molecule has 128 valence electrons. The summed E-state index contributed by atoms with van der Waals surface area (Å²) in [6.45, 7) is 10.2. The monoisotopic (exact) mass is 324 g/mol. The van der Waals surface area contributed by atoms with Crippen molar-refractivity contribution in [3.63, 3.8) is 0 Å². The van der Waals surface area contributed by atoms with Crippen molar-refractivity contribution in [1.29, 1.82) is 0 Å². The van der Waals surface area contributed by atoms with Crippen LogP contribution in [0.5, 0.6) is 11.5 Å². The Bertz CT molecular complexity index is 554. The molecular formula is C16H24N2O5. The molecule has 0 N–H and O–H groups in total. The third kappa shape index (κ3) is 4.48. The molecule has 0 unspecified atom stereocenters. The standard InChI is InChI=1S/C16H24N2O5/c1-11(2)22-15-10-14(18(19)20)16(23-12(3)4)9-13(15)17-5-7-21-8-6-17/h9-12H,5-8H2,1-4H3. The van der Waals surface area contributed by atoms with E-state index in [0.29, 0.717) is 32.1 Å². The molecule has 0 aromatic heterocycles. The van der Waals surface area contributed by atoms with Crippen LogP contribution in [0.2, 0.25) is 0 Å². The molecule has 1 saturated heterocycles. The molecule has 1 aromatic carbocycles. The van der Waals surface area contributed by atoms with Crippen molar-refractivity contribution < 1.29 is 19.1 Å². The van der Waals surface area contributed by atoms with Gasteiger partial charge >= 0.3 is 5.69 Å². The van der Waals surface area contributed by atoms with E-state index in [1.807, 2.05) is 27.7 Å². The summed E-state index contributed by atoms with van der Waals surface area (Å²) in [5.74, 6) is 0.771. The molecule has 0 spiro atoms. The highest BCUT2D eigenvalue weighted by Gasteiger charge is 2.25. The molecule has 2 rings (SSSR count). The zero-order chi connectivity index (χ0) is 17.0. The molecule has 0 bridgehead atoms. The Labute approximate surface area is 136 Å². The second-order valence-electron chi connectivity index (χ2n) is 5.98. The van der Waals surface area contributed by atoms with E-state index in [4.69, 9.17) is 14.2 Å². The van der Waals surface area contributed by atoms with Gasteiger partial charge in [0.2, 0.25) is 0 Å². The van der Waals surface area contributed by atoms with Gasteiger partial charge in [-0.25, -0.2) is 0 Å². The fourth-order valence-corrected chi connectivity index (χ4v) is 2.43. The Kier molecular flexibility index (Phi) is 5.65. The van der Waals surface area contributed by atoms with Crippen LogP contribution in [-0.2, 0) is 4.74 Å². The summed E-state index contributed by atoms with van der Waals surface area (Å²) >= 11 is 0. The first kappa shape index (κ1) is 17.3. The molecule has 7 heteroatoms. The van der Waals surface area contributed by atoms with Gasteiger partial charge in [0.05, 0.1) is 42.1 Å². The highest BCUT2D eigenvalue weighted by Crippen LogP contribution is 2.41. The van der Waals surface area contributed by atoms with Gasteiger partial charge < -0.3 is 19.1 Å². The zero-order valence-electron chi connectivity index (χ0n) is 14.1. The average molecular weight is 324 g/mol. The largest absolute Gasteiger partial charge is 0.489 e. The summed E-state index contributed by atoms with van der Waals surface area (Å²) in [7, 11) is 0. The van der Waals surface area contributed by atoms with Crippen molar-refractivity contribution >= 4 is 11.4 Å². The summed E-state index contributed by atoms with van der Waals surface area (Å²) < 4.78 is 16.8. The maximum atomic E-state index is 11.4. The van der Waals surface area contributed by atoms with Crippen LogP contribution in [0.4, 0.5) is 11.4 Å². The molecule has 1 aromatic rings. The number of rotatable bonds is 6. The lowest BCUT2D eigenvalue weighted by Gasteiger charge is -2.31. The van der Waals surface area contributed by atoms with Crippen LogP contribution in [-0.4, -0.2) is 43.4 Å². The van der Waals surface area contributed by atoms with Gasteiger partial charge in [0.1, 0.15) is 5.75 Å².